The third kappa shape index (κ3) is 1.35. The van der Waals surface area contributed by atoms with Crippen LogP contribution in [0.3, 0.4) is 0 Å². The molecule has 0 aliphatic heterocycles. The van der Waals surface area contributed by atoms with Gasteiger partial charge in [-0.2, -0.15) is 0 Å². The van der Waals surface area contributed by atoms with Gasteiger partial charge in [-0.05, 0) is 12.1 Å². The van der Waals surface area contributed by atoms with Gasteiger partial charge in [0.2, 0.25) is 0 Å². The molecule has 2 aromatic rings. The fourth-order valence-corrected chi connectivity index (χ4v) is 1.98. The molecule has 1 aromatic heterocycles. The van der Waals surface area contributed by atoms with Crippen molar-refractivity contribution in [3.8, 4) is 0 Å². The minimum Gasteiger partial charge on any atom is -0.398 e. The van der Waals surface area contributed by atoms with Gasteiger partial charge in [0.1, 0.15) is 0 Å². The quantitative estimate of drug-likeness (QED) is 0.742. The van der Waals surface area contributed by atoms with Crippen LogP contribution in [0.1, 0.15) is 0 Å². The van der Waals surface area contributed by atoms with Gasteiger partial charge in [-0.1, -0.05) is 17.7 Å². The van der Waals surface area contributed by atoms with Crippen molar-refractivity contribution in [2.24, 2.45) is 5.73 Å². The predicted octanol–water partition coefficient (Wildman–Crippen LogP) is 1.84. The summed E-state index contributed by atoms with van der Waals surface area (Å²) in [7, 11) is 0. The third-order valence-electron chi connectivity index (χ3n) is 2.26. The molecule has 4 heteroatoms. The maximum absolute atomic E-state index is 6.08. The molecule has 0 spiro atoms. The van der Waals surface area contributed by atoms with Gasteiger partial charge in [-0.15, -0.1) is 0 Å². The molecule has 3 nitrogen and oxygen atoms in total. The molecule has 74 valence electrons. The molecule has 0 unspecified atom stereocenters. The zero-order chi connectivity index (χ0) is 10.1. The Bertz CT molecular complexity index is 462. The molecule has 0 radical (unpaired) electrons. The van der Waals surface area contributed by atoms with Crippen LogP contribution in [0.25, 0.3) is 10.9 Å². The Labute approximate surface area is 87.2 Å². The van der Waals surface area contributed by atoms with Gasteiger partial charge >= 0.3 is 0 Å². The summed E-state index contributed by atoms with van der Waals surface area (Å²) in [5.74, 6) is 0. The van der Waals surface area contributed by atoms with Crippen LogP contribution in [0.15, 0.2) is 24.4 Å². The Morgan fingerprint density at radius 2 is 2.14 bits per heavy atom. The predicted molar refractivity (Wildman–Crippen MR) is 60.4 cm³/mol. The lowest BCUT2D eigenvalue weighted by molar-refractivity contribution is 0.735. The van der Waals surface area contributed by atoms with Crippen LogP contribution in [0.5, 0.6) is 0 Å². The summed E-state index contributed by atoms with van der Waals surface area (Å²) >= 11 is 6.08. The van der Waals surface area contributed by atoms with Crippen molar-refractivity contribution in [2.45, 2.75) is 6.54 Å². The molecule has 0 atom stereocenters. The minimum absolute atomic E-state index is 0.592. The smallest absolute Gasteiger partial charge is 0.0682 e. The van der Waals surface area contributed by atoms with Gasteiger partial charge in [-0.25, -0.2) is 0 Å². The van der Waals surface area contributed by atoms with E-state index < -0.39 is 0 Å². The number of anilines is 1. The Kier molecular flexibility index (Phi) is 2.35. The minimum atomic E-state index is 0.592. The third-order valence-corrected chi connectivity index (χ3v) is 2.55. The summed E-state index contributed by atoms with van der Waals surface area (Å²) in [5.41, 5.74) is 13.1. The summed E-state index contributed by atoms with van der Waals surface area (Å²) in [6, 6.07) is 5.76. The average molecular weight is 210 g/mol. The number of aromatic nitrogens is 1. The average Bonchev–Trinajstić information content (AvgIpc) is 2.46. The molecule has 0 aliphatic carbocycles. The number of fused-ring (bicyclic) bond motifs is 1. The summed E-state index contributed by atoms with van der Waals surface area (Å²) in [5, 5.41) is 1.61. The van der Waals surface area contributed by atoms with Gasteiger partial charge in [0.15, 0.2) is 0 Å². The Morgan fingerprint density at radius 3 is 2.86 bits per heavy atom. The fourth-order valence-electron chi connectivity index (χ4n) is 1.65. The topological polar surface area (TPSA) is 57.0 Å². The van der Waals surface area contributed by atoms with Crippen LogP contribution >= 0.6 is 11.6 Å². The summed E-state index contributed by atoms with van der Waals surface area (Å²) < 4.78 is 2.02. The van der Waals surface area contributed by atoms with E-state index in [9.17, 15) is 0 Å². The van der Waals surface area contributed by atoms with E-state index in [4.69, 9.17) is 23.1 Å². The van der Waals surface area contributed by atoms with Crippen LogP contribution in [0.2, 0.25) is 5.02 Å². The first-order valence-electron chi connectivity index (χ1n) is 4.47. The lowest BCUT2D eigenvalue weighted by Gasteiger charge is -2.02. The first kappa shape index (κ1) is 9.37. The maximum atomic E-state index is 6.08. The first-order valence-corrected chi connectivity index (χ1v) is 4.84. The van der Waals surface area contributed by atoms with Crippen molar-refractivity contribution in [1.82, 2.24) is 4.57 Å². The molecule has 0 aliphatic rings. The van der Waals surface area contributed by atoms with Crippen molar-refractivity contribution in [1.29, 1.82) is 0 Å². The van der Waals surface area contributed by atoms with E-state index in [1.165, 1.54) is 0 Å². The number of halogens is 1. The molecular weight excluding hydrogens is 198 g/mol. The van der Waals surface area contributed by atoms with Crippen molar-refractivity contribution in [3.63, 3.8) is 0 Å². The Morgan fingerprint density at radius 1 is 1.36 bits per heavy atom. The van der Waals surface area contributed by atoms with E-state index in [0.29, 0.717) is 17.3 Å². The largest absolute Gasteiger partial charge is 0.398 e. The second-order valence-electron chi connectivity index (χ2n) is 3.20. The van der Waals surface area contributed by atoms with E-state index in [1.54, 1.807) is 0 Å². The van der Waals surface area contributed by atoms with Crippen molar-refractivity contribution in [3.05, 3.63) is 29.4 Å². The zero-order valence-electron chi connectivity index (χ0n) is 7.70. The Balaban J connectivity index is 2.71. The lowest BCUT2D eigenvalue weighted by Crippen LogP contribution is -2.08. The number of nitrogens with two attached hydrogens (primary N) is 2. The van der Waals surface area contributed by atoms with E-state index in [0.717, 1.165) is 17.4 Å². The number of rotatable bonds is 2. The SMILES string of the molecule is NCCn1cc(Cl)c2c(N)cccc21. The fraction of sp³-hybridized carbons (Fsp3) is 0.200. The molecule has 0 saturated heterocycles. The van der Waals surface area contributed by atoms with Gasteiger partial charge in [-0.3, -0.25) is 0 Å². The van der Waals surface area contributed by atoms with E-state index in [-0.39, 0.29) is 0 Å². The molecule has 0 saturated carbocycles. The highest BCUT2D eigenvalue weighted by Gasteiger charge is 2.08. The van der Waals surface area contributed by atoms with Crippen molar-refractivity contribution >= 4 is 28.2 Å². The standard InChI is InChI=1S/C10H12ClN3/c11-7-6-14(5-4-12)9-3-1-2-8(13)10(7)9/h1-3,6H,4-5,12-13H2. The van der Waals surface area contributed by atoms with Gasteiger partial charge < -0.3 is 16.0 Å². The van der Waals surface area contributed by atoms with Crippen LogP contribution in [-0.4, -0.2) is 11.1 Å². The van der Waals surface area contributed by atoms with Gasteiger partial charge in [0, 0.05) is 30.4 Å². The lowest BCUT2D eigenvalue weighted by atomic mass is 10.2. The van der Waals surface area contributed by atoms with Gasteiger partial charge in [0.05, 0.1) is 10.5 Å². The maximum Gasteiger partial charge on any atom is 0.0682 e. The molecule has 1 aromatic carbocycles. The monoisotopic (exact) mass is 209 g/mol. The number of nitrogens with zero attached hydrogens (tertiary/aromatic N) is 1. The highest BCUT2D eigenvalue weighted by Crippen LogP contribution is 2.30. The summed E-state index contributed by atoms with van der Waals surface area (Å²) in [6.07, 6.45) is 1.87. The summed E-state index contributed by atoms with van der Waals surface area (Å²) in [6.45, 7) is 1.35. The molecule has 4 N–H and O–H groups in total. The van der Waals surface area contributed by atoms with Gasteiger partial charge in [0.25, 0.3) is 0 Å². The summed E-state index contributed by atoms with van der Waals surface area (Å²) in [4.78, 5) is 0. The molecule has 2 rings (SSSR count). The molecule has 14 heavy (non-hydrogen) atoms. The van der Waals surface area contributed by atoms with Crippen LogP contribution in [0, 0.1) is 0 Å². The molecular formula is C10H12ClN3. The van der Waals surface area contributed by atoms with Crippen molar-refractivity contribution < 1.29 is 0 Å². The highest BCUT2D eigenvalue weighted by atomic mass is 35.5. The second kappa shape index (κ2) is 3.52. The van der Waals surface area contributed by atoms with Crippen LogP contribution in [-0.2, 0) is 6.54 Å². The van der Waals surface area contributed by atoms with E-state index >= 15 is 0 Å². The second-order valence-corrected chi connectivity index (χ2v) is 3.61. The molecule has 0 fully saturated rings. The number of nitrogen functional groups attached to an aromatic ring is 1. The molecule has 0 amide bonds. The Hall–Kier alpha value is -1.19. The van der Waals surface area contributed by atoms with Crippen LogP contribution in [0.4, 0.5) is 5.69 Å². The van der Waals surface area contributed by atoms with Crippen molar-refractivity contribution in [2.75, 3.05) is 12.3 Å². The molecule has 1 heterocycles. The molecule has 0 bridgehead atoms. The zero-order valence-corrected chi connectivity index (χ0v) is 8.46. The van der Waals surface area contributed by atoms with E-state index in [2.05, 4.69) is 0 Å². The first-order chi connectivity index (χ1) is 6.74. The van der Waals surface area contributed by atoms with E-state index in [1.807, 2.05) is 29.0 Å². The number of hydrogen-bond donors (Lipinski definition) is 2. The number of benzene rings is 1. The van der Waals surface area contributed by atoms with Crippen LogP contribution < -0.4 is 11.5 Å². The normalized spacial score (nSPS) is 11.0. The highest BCUT2D eigenvalue weighted by molar-refractivity contribution is 6.36. The number of hydrogen-bond acceptors (Lipinski definition) is 2.